The number of rotatable bonds is 4. The molecule has 2 aromatic rings. The number of benzene rings is 1. The number of fused-ring (bicyclic) bond motifs is 5. The highest BCUT2D eigenvalue weighted by atomic mass is 16.5. The monoisotopic (exact) mass is 433 g/mol. The van der Waals surface area contributed by atoms with Crippen LogP contribution in [0.5, 0.6) is 0 Å². The topological polar surface area (TPSA) is 64.4 Å². The Hall–Kier alpha value is -2.63. The van der Waals surface area contributed by atoms with Crippen LogP contribution in [0.15, 0.2) is 40.8 Å². The smallest absolute Gasteiger partial charge is 0.362 e. The first-order valence-electron chi connectivity index (χ1n) is 12.3. The van der Waals surface area contributed by atoms with Crippen molar-refractivity contribution in [3.8, 4) is 0 Å². The molecule has 2 saturated carbocycles. The molecule has 4 fully saturated rings. The summed E-state index contributed by atoms with van der Waals surface area (Å²) in [7, 11) is 0. The van der Waals surface area contributed by atoms with Gasteiger partial charge in [-0.25, -0.2) is 9.78 Å². The van der Waals surface area contributed by atoms with E-state index in [-0.39, 0.29) is 23.9 Å². The molecule has 1 aromatic carbocycles. The van der Waals surface area contributed by atoms with E-state index in [1.165, 1.54) is 38.5 Å². The molecule has 2 aliphatic carbocycles. The summed E-state index contributed by atoms with van der Waals surface area (Å²) in [4.78, 5) is 32.9. The van der Waals surface area contributed by atoms with E-state index in [0.717, 1.165) is 30.2 Å². The summed E-state index contributed by atoms with van der Waals surface area (Å²) in [6.45, 7) is 1.97. The Morgan fingerprint density at radius 3 is 2.47 bits per heavy atom. The summed E-state index contributed by atoms with van der Waals surface area (Å²) in [5, 5.41) is 0. The molecule has 6 rings (SSSR count). The highest BCUT2D eigenvalue weighted by Crippen LogP contribution is 2.51. The molecule has 6 nitrogen and oxygen atoms in total. The molecular weight excluding hydrogens is 402 g/mol. The molecule has 2 aliphatic heterocycles. The third kappa shape index (κ3) is 3.10. The van der Waals surface area contributed by atoms with Gasteiger partial charge in [-0.1, -0.05) is 18.6 Å². The number of carbonyl (C=O) groups excluding carboxylic acids is 1. The van der Waals surface area contributed by atoms with Gasteiger partial charge in [-0.3, -0.25) is 4.79 Å². The lowest BCUT2D eigenvalue weighted by Crippen LogP contribution is -2.44. The van der Waals surface area contributed by atoms with E-state index in [9.17, 15) is 9.59 Å². The molecule has 3 heterocycles. The Bertz CT molecular complexity index is 1120. The van der Waals surface area contributed by atoms with E-state index in [0.29, 0.717) is 17.6 Å². The lowest BCUT2D eigenvalue weighted by molar-refractivity contribution is 0.0516. The Morgan fingerprint density at radius 2 is 1.78 bits per heavy atom. The van der Waals surface area contributed by atoms with E-state index < -0.39 is 5.97 Å². The summed E-state index contributed by atoms with van der Waals surface area (Å²) in [5.41, 5.74) is 2.78. The van der Waals surface area contributed by atoms with Gasteiger partial charge in [0.1, 0.15) is 0 Å². The number of esters is 1. The minimum absolute atomic E-state index is 0.0802. The maximum absolute atomic E-state index is 13.5. The van der Waals surface area contributed by atoms with Crippen molar-refractivity contribution in [2.45, 2.75) is 76.4 Å². The number of ether oxygens (including phenoxy) is 1. The fourth-order valence-corrected chi connectivity index (χ4v) is 6.81. The summed E-state index contributed by atoms with van der Waals surface area (Å²) in [6.07, 6.45) is 12.3. The maximum atomic E-state index is 13.5. The molecule has 6 heteroatoms. The van der Waals surface area contributed by atoms with Crippen LogP contribution in [0.25, 0.3) is 11.0 Å². The van der Waals surface area contributed by atoms with Gasteiger partial charge in [-0.15, -0.1) is 0 Å². The predicted octanol–water partition coefficient (Wildman–Crippen LogP) is 4.45. The zero-order chi connectivity index (χ0) is 21.8. The van der Waals surface area contributed by atoms with Crippen LogP contribution in [0.3, 0.4) is 0 Å². The molecule has 0 N–H and O–H groups in total. The standard InChI is InChI=1S/C26H31N3O3/c1-2-32-26(31)24-25(30)29(23-9-4-3-8-22(23)27-24)20-13-18-10-11-19(14-20)28(18)15-21-16-6-5-7-17(21)12-16/h3-4,8-9,15-20H,2,5-7,10-14H2,1H3/t16?,17?,18-,19+,20+. The van der Waals surface area contributed by atoms with Crippen LogP contribution in [-0.4, -0.2) is 39.1 Å². The van der Waals surface area contributed by atoms with Gasteiger partial charge in [0.15, 0.2) is 0 Å². The number of allylic oxidation sites excluding steroid dienone is 1. The Morgan fingerprint density at radius 1 is 1.06 bits per heavy atom. The van der Waals surface area contributed by atoms with Crippen LogP contribution in [0.2, 0.25) is 0 Å². The zero-order valence-electron chi connectivity index (χ0n) is 18.7. The maximum Gasteiger partial charge on any atom is 0.362 e. The van der Waals surface area contributed by atoms with Crippen molar-refractivity contribution in [2.75, 3.05) is 6.61 Å². The number of hydrogen-bond acceptors (Lipinski definition) is 5. The molecule has 5 atom stereocenters. The Kier molecular flexibility index (Phi) is 4.85. The van der Waals surface area contributed by atoms with Crippen molar-refractivity contribution in [2.24, 2.45) is 11.8 Å². The first-order valence-corrected chi connectivity index (χ1v) is 12.3. The lowest BCUT2D eigenvalue weighted by Gasteiger charge is -2.47. The average Bonchev–Trinajstić information content (AvgIpc) is 3.04. The van der Waals surface area contributed by atoms with Crippen LogP contribution in [-0.2, 0) is 4.74 Å². The molecule has 0 amide bonds. The molecule has 2 saturated heterocycles. The molecule has 168 valence electrons. The van der Waals surface area contributed by atoms with Crippen LogP contribution < -0.4 is 5.56 Å². The van der Waals surface area contributed by atoms with Crippen molar-refractivity contribution < 1.29 is 9.53 Å². The van der Waals surface area contributed by atoms with Gasteiger partial charge in [-0.2, -0.15) is 0 Å². The largest absolute Gasteiger partial charge is 0.461 e. The van der Waals surface area contributed by atoms with Crippen LogP contribution in [0.1, 0.15) is 74.8 Å². The van der Waals surface area contributed by atoms with Crippen LogP contribution in [0.4, 0.5) is 0 Å². The SMILES string of the molecule is CCOC(=O)c1nc2ccccc2n([C@H]2C[C@H]3CC[C@@H](C2)N3C=C2C3CCCC2C3)c1=O. The number of carbonyl (C=O) groups is 1. The summed E-state index contributed by atoms with van der Waals surface area (Å²) < 4.78 is 6.99. The Balaban J connectivity index is 1.35. The zero-order valence-corrected chi connectivity index (χ0v) is 18.7. The second-order valence-corrected chi connectivity index (χ2v) is 9.99. The Labute approximate surface area is 188 Å². The van der Waals surface area contributed by atoms with E-state index in [1.54, 1.807) is 12.5 Å². The van der Waals surface area contributed by atoms with E-state index in [1.807, 2.05) is 28.8 Å². The predicted molar refractivity (Wildman–Crippen MR) is 122 cm³/mol. The fourth-order valence-electron chi connectivity index (χ4n) is 6.81. The third-order valence-electron chi connectivity index (χ3n) is 8.31. The van der Waals surface area contributed by atoms with E-state index in [2.05, 4.69) is 16.1 Å². The number of aromatic nitrogens is 2. The summed E-state index contributed by atoms with van der Waals surface area (Å²) >= 11 is 0. The number of piperidine rings is 1. The van der Waals surface area contributed by atoms with Gasteiger partial charge in [0.05, 0.1) is 17.6 Å². The first-order chi connectivity index (χ1) is 15.6. The van der Waals surface area contributed by atoms with Crippen molar-refractivity contribution in [1.82, 2.24) is 14.5 Å². The molecule has 0 spiro atoms. The normalized spacial score (nSPS) is 30.8. The van der Waals surface area contributed by atoms with Crippen molar-refractivity contribution in [3.63, 3.8) is 0 Å². The minimum atomic E-state index is -0.626. The van der Waals surface area contributed by atoms with Crippen molar-refractivity contribution in [3.05, 3.63) is 52.1 Å². The highest BCUT2D eigenvalue weighted by molar-refractivity contribution is 5.89. The van der Waals surface area contributed by atoms with Crippen molar-refractivity contribution >= 4 is 17.0 Å². The van der Waals surface area contributed by atoms with Gasteiger partial charge in [0.25, 0.3) is 5.56 Å². The van der Waals surface area contributed by atoms with Gasteiger partial charge in [0, 0.05) is 18.1 Å². The van der Waals surface area contributed by atoms with Crippen LogP contribution >= 0.6 is 0 Å². The molecule has 0 radical (unpaired) electrons. The van der Waals surface area contributed by atoms with Gasteiger partial charge < -0.3 is 14.2 Å². The van der Waals surface area contributed by atoms with Crippen molar-refractivity contribution in [1.29, 1.82) is 0 Å². The molecule has 2 unspecified atom stereocenters. The lowest BCUT2D eigenvalue weighted by atomic mass is 9.61. The minimum Gasteiger partial charge on any atom is -0.461 e. The third-order valence-corrected chi connectivity index (χ3v) is 8.31. The van der Waals surface area contributed by atoms with Gasteiger partial charge in [0.2, 0.25) is 5.69 Å². The number of para-hydroxylation sites is 2. The van der Waals surface area contributed by atoms with Crippen LogP contribution in [0, 0.1) is 11.8 Å². The van der Waals surface area contributed by atoms with E-state index in [4.69, 9.17) is 4.74 Å². The summed E-state index contributed by atoms with van der Waals surface area (Å²) in [5.74, 6) is 1.02. The number of nitrogens with zero attached hydrogens (tertiary/aromatic N) is 3. The fraction of sp³-hybridized carbons (Fsp3) is 0.577. The first kappa shape index (κ1) is 20.0. The van der Waals surface area contributed by atoms with Gasteiger partial charge >= 0.3 is 5.97 Å². The molecular formula is C26H31N3O3. The quantitative estimate of drug-likeness (QED) is 0.667. The highest BCUT2D eigenvalue weighted by Gasteiger charge is 2.44. The summed E-state index contributed by atoms with van der Waals surface area (Å²) in [6, 6.07) is 8.68. The molecule has 4 aliphatic rings. The average molecular weight is 434 g/mol. The molecule has 1 aromatic heterocycles. The van der Waals surface area contributed by atoms with E-state index >= 15 is 0 Å². The second-order valence-electron chi connectivity index (χ2n) is 9.99. The molecule has 4 bridgehead atoms. The number of hydrogen-bond donors (Lipinski definition) is 0. The molecule has 32 heavy (non-hydrogen) atoms. The second kappa shape index (κ2) is 7.75. The van der Waals surface area contributed by atoms with Gasteiger partial charge in [-0.05, 0) is 87.6 Å².